The van der Waals surface area contributed by atoms with E-state index in [0.717, 1.165) is 98.4 Å². The van der Waals surface area contributed by atoms with Crippen LogP contribution in [-0.2, 0) is 12.8 Å². The van der Waals surface area contributed by atoms with Crippen LogP contribution in [0, 0.1) is 0 Å². The number of rotatable bonds is 2. The van der Waals surface area contributed by atoms with Crippen molar-refractivity contribution in [3.63, 3.8) is 0 Å². The van der Waals surface area contributed by atoms with E-state index in [1.54, 1.807) is 12.1 Å². The molecular weight excluding hydrogens is 604 g/mol. The summed E-state index contributed by atoms with van der Waals surface area (Å²) in [6.45, 7) is 9.35. The van der Waals surface area contributed by atoms with Gasteiger partial charge in [-0.05, 0) is 78.9 Å². The molecule has 0 bridgehead atoms. The normalized spacial score (nSPS) is 15.0. The highest BCUT2D eigenvalue weighted by atomic mass is 16.4. The molecule has 10 rings (SSSR count). The highest BCUT2D eigenvalue weighted by Gasteiger charge is 2.35. The highest BCUT2D eigenvalue weighted by Crippen LogP contribution is 2.48. The van der Waals surface area contributed by atoms with E-state index in [4.69, 9.17) is 9.97 Å². The Balaban J connectivity index is 0.000000131. The lowest BCUT2D eigenvalue weighted by Gasteiger charge is -2.39. The smallest absolute Gasteiger partial charge is 0.336 e. The van der Waals surface area contributed by atoms with Crippen molar-refractivity contribution >= 4 is 57.0 Å². The number of hydrogen-bond donors (Lipinski definition) is 2. The number of nitrogens with zero attached hydrogens (tertiary/aromatic N) is 6. The molecular formula is C38H28N6O4. The van der Waals surface area contributed by atoms with Crippen LogP contribution in [0.4, 0.5) is 11.4 Å². The van der Waals surface area contributed by atoms with Gasteiger partial charge < -0.3 is 20.0 Å². The molecule has 4 aliphatic rings. The van der Waals surface area contributed by atoms with E-state index in [9.17, 15) is 19.8 Å². The molecule has 0 saturated carbocycles. The quantitative estimate of drug-likeness (QED) is 0.204. The maximum atomic E-state index is 11.6. The van der Waals surface area contributed by atoms with Crippen LogP contribution in [0.1, 0.15) is 38.3 Å². The number of hydrogen-bond acceptors (Lipinski definition) is 6. The van der Waals surface area contributed by atoms with Gasteiger partial charge in [0.15, 0.2) is 0 Å². The van der Waals surface area contributed by atoms with E-state index in [-0.39, 0.29) is 0 Å². The van der Waals surface area contributed by atoms with Crippen molar-refractivity contribution in [2.75, 3.05) is 16.3 Å². The second-order valence-corrected chi connectivity index (χ2v) is 12.2. The first-order chi connectivity index (χ1) is 23.3. The van der Waals surface area contributed by atoms with Crippen LogP contribution in [-0.4, -0.2) is 47.8 Å². The number of anilines is 2. The first-order valence-corrected chi connectivity index (χ1v) is 15.7. The van der Waals surface area contributed by atoms with Gasteiger partial charge in [0.1, 0.15) is 23.3 Å². The Morgan fingerprint density at radius 1 is 0.688 bits per heavy atom. The van der Waals surface area contributed by atoms with Crippen LogP contribution < -0.4 is 9.80 Å². The molecule has 10 heteroatoms. The average molecular weight is 633 g/mol. The summed E-state index contributed by atoms with van der Waals surface area (Å²) in [7, 11) is 0. The number of aromatic carboxylic acids is 2. The zero-order chi connectivity index (χ0) is 32.8. The Kier molecular flexibility index (Phi) is 5.83. The number of carbonyl (C=O) groups is 2. The predicted octanol–water partition coefficient (Wildman–Crippen LogP) is 7.32. The van der Waals surface area contributed by atoms with Crippen molar-refractivity contribution in [3.05, 3.63) is 120 Å². The lowest BCUT2D eigenvalue weighted by Crippen LogP contribution is -2.34. The van der Waals surface area contributed by atoms with Crippen LogP contribution in [0.25, 0.3) is 56.5 Å². The summed E-state index contributed by atoms with van der Waals surface area (Å²) in [5.41, 5.74) is 10.0. The van der Waals surface area contributed by atoms with Gasteiger partial charge in [0.2, 0.25) is 0 Å². The summed E-state index contributed by atoms with van der Waals surface area (Å²) >= 11 is 0. The summed E-state index contributed by atoms with van der Waals surface area (Å²) in [6.07, 6.45) is 6.20. The Hall–Kier alpha value is -6.42. The Morgan fingerprint density at radius 2 is 1.25 bits per heavy atom. The molecule has 0 spiro atoms. The van der Waals surface area contributed by atoms with Gasteiger partial charge in [-0.15, -0.1) is 0 Å². The fraction of sp³-hybridized carbons (Fsp3) is 0.105. The molecule has 6 aromatic rings. The summed E-state index contributed by atoms with van der Waals surface area (Å²) in [4.78, 5) is 36.8. The van der Waals surface area contributed by atoms with Crippen LogP contribution >= 0.6 is 0 Å². The lowest BCUT2D eigenvalue weighted by atomic mass is 9.91. The van der Waals surface area contributed by atoms with Crippen molar-refractivity contribution in [1.82, 2.24) is 19.1 Å². The Bertz CT molecular complexity index is 2480. The van der Waals surface area contributed by atoms with Crippen molar-refractivity contribution in [3.8, 4) is 22.8 Å². The molecule has 2 aromatic heterocycles. The molecule has 0 aliphatic carbocycles. The average Bonchev–Trinajstić information content (AvgIpc) is 3.69. The summed E-state index contributed by atoms with van der Waals surface area (Å²) < 4.78 is 4.10. The van der Waals surface area contributed by atoms with Gasteiger partial charge in [-0.3, -0.25) is 9.13 Å². The molecule has 4 aromatic carbocycles. The van der Waals surface area contributed by atoms with Crippen LogP contribution in [0.5, 0.6) is 0 Å². The largest absolute Gasteiger partial charge is 0.478 e. The standard InChI is InChI=1S/C19H15N3O2.C19H13N3O2/c2*1-11-21-10-4-5-12-13(19(23)24)8-9-14(17(12)21)18-20-15-6-2-3-7-16(15)22(11)18/h2-3,6-9H,1,4-5,10H2,(H,23,24);2-4,6-10H,1,5H2,(H,23,24). The van der Waals surface area contributed by atoms with Gasteiger partial charge in [0.25, 0.3) is 0 Å². The van der Waals surface area contributed by atoms with E-state index in [2.05, 4.69) is 22.6 Å². The summed E-state index contributed by atoms with van der Waals surface area (Å²) in [5, 5.41) is 19.0. The number of para-hydroxylation sites is 4. The number of aromatic nitrogens is 4. The molecule has 0 amide bonds. The fourth-order valence-electron chi connectivity index (χ4n) is 7.59. The SMILES string of the molecule is C=C1N2C=CCc3c(C(=O)O)ccc(c32)-c2nc3ccccc3n21.C=C1N2CCCc3c(C(=O)O)ccc(c32)-c2nc3ccccc3n21. The van der Waals surface area contributed by atoms with E-state index >= 15 is 0 Å². The summed E-state index contributed by atoms with van der Waals surface area (Å²) in [5.74, 6) is 1.46. The number of imidazole rings is 2. The maximum absolute atomic E-state index is 11.6. The molecule has 10 nitrogen and oxygen atoms in total. The van der Waals surface area contributed by atoms with Crippen molar-refractivity contribution < 1.29 is 19.8 Å². The van der Waals surface area contributed by atoms with Crippen LogP contribution in [0.15, 0.2) is 98.2 Å². The van der Waals surface area contributed by atoms with Gasteiger partial charge in [0, 0.05) is 23.9 Å². The zero-order valence-corrected chi connectivity index (χ0v) is 25.7. The van der Waals surface area contributed by atoms with Gasteiger partial charge in [-0.2, -0.15) is 0 Å². The van der Waals surface area contributed by atoms with Crippen molar-refractivity contribution in [2.45, 2.75) is 19.3 Å². The predicted molar refractivity (Wildman–Crippen MR) is 186 cm³/mol. The molecule has 4 aliphatic heterocycles. The van der Waals surface area contributed by atoms with E-state index < -0.39 is 11.9 Å². The fourth-order valence-corrected chi connectivity index (χ4v) is 7.59. The Morgan fingerprint density at radius 3 is 1.88 bits per heavy atom. The molecule has 48 heavy (non-hydrogen) atoms. The second kappa shape index (κ2) is 10.0. The minimum Gasteiger partial charge on any atom is -0.478 e. The molecule has 0 saturated heterocycles. The summed E-state index contributed by atoms with van der Waals surface area (Å²) in [6, 6.07) is 23.0. The number of allylic oxidation sites excluding steroid dienone is 1. The van der Waals surface area contributed by atoms with Crippen LogP contribution in [0.2, 0.25) is 0 Å². The monoisotopic (exact) mass is 632 g/mol. The first kappa shape index (κ1) is 27.9. The van der Waals surface area contributed by atoms with Gasteiger partial charge in [0.05, 0.1) is 44.6 Å². The second-order valence-electron chi connectivity index (χ2n) is 12.2. The topological polar surface area (TPSA) is 117 Å². The van der Waals surface area contributed by atoms with E-state index in [0.29, 0.717) is 17.5 Å². The minimum absolute atomic E-state index is 0.334. The molecule has 0 radical (unpaired) electrons. The third-order valence-corrected chi connectivity index (χ3v) is 9.63. The minimum atomic E-state index is -0.910. The van der Waals surface area contributed by atoms with Gasteiger partial charge in [-0.1, -0.05) is 43.5 Å². The molecule has 6 heterocycles. The molecule has 0 fully saturated rings. The highest BCUT2D eigenvalue weighted by molar-refractivity contribution is 6.03. The van der Waals surface area contributed by atoms with Gasteiger partial charge >= 0.3 is 11.9 Å². The first-order valence-electron chi connectivity index (χ1n) is 15.7. The van der Waals surface area contributed by atoms with Gasteiger partial charge in [-0.25, -0.2) is 19.6 Å². The van der Waals surface area contributed by atoms with Crippen molar-refractivity contribution in [2.24, 2.45) is 0 Å². The number of benzene rings is 4. The molecule has 234 valence electrons. The molecule has 0 atom stereocenters. The zero-order valence-electron chi connectivity index (χ0n) is 25.7. The van der Waals surface area contributed by atoms with Crippen molar-refractivity contribution in [1.29, 1.82) is 0 Å². The van der Waals surface area contributed by atoms with E-state index in [1.165, 1.54) is 0 Å². The lowest BCUT2D eigenvalue weighted by molar-refractivity contribution is 0.0685. The molecule has 0 unspecified atom stereocenters. The number of carboxylic acids is 2. The third kappa shape index (κ3) is 3.74. The van der Waals surface area contributed by atoms with E-state index in [1.807, 2.05) is 82.4 Å². The Labute approximate surface area is 274 Å². The maximum Gasteiger partial charge on any atom is 0.336 e. The number of carboxylic acid groups (broad SMARTS) is 2. The molecule has 2 N–H and O–H groups in total. The van der Waals surface area contributed by atoms with Crippen LogP contribution in [0.3, 0.4) is 0 Å². The third-order valence-electron chi connectivity index (χ3n) is 9.63. The number of fused-ring (bicyclic) bond motifs is 8.